The number of aryl methyl sites for hydroxylation is 1. The topological polar surface area (TPSA) is 52.3 Å². The molecule has 0 saturated heterocycles. The first-order valence-corrected chi connectivity index (χ1v) is 4.99. The highest BCUT2D eigenvalue weighted by molar-refractivity contribution is 6.00. The Morgan fingerprint density at radius 2 is 2.20 bits per heavy atom. The predicted molar refractivity (Wildman–Crippen MR) is 60.3 cm³/mol. The van der Waals surface area contributed by atoms with Gasteiger partial charge in [-0.15, -0.1) is 0 Å². The van der Waals surface area contributed by atoms with Crippen molar-refractivity contribution in [2.45, 2.75) is 13.8 Å². The van der Waals surface area contributed by atoms with Crippen LogP contribution in [-0.4, -0.2) is 19.4 Å². The average Bonchev–Trinajstić information content (AvgIpc) is 2.27. The maximum atomic E-state index is 11.9. The third-order valence-corrected chi connectivity index (χ3v) is 2.42. The molecular weight excluding hydrogens is 190 g/mol. The quantitative estimate of drug-likeness (QED) is 0.766. The van der Waals surface area contributed by atoms with Gasteiger partial charge in [0.25, 0.3) is 0 Å². The van der Waals surface area contributed by atoms with Gasteiger partial charge in [-0.3, -0.25) is 4.79 Å². The Bertz CT molecular complexity index is 361. The zero-order valence-corrected chi connectivity index (χ0v) is 9.41. The number of ether oxygens (including phenoxy) is 1. The lowest BCUT2D eigenvalue weighted by atomic mass is 9.97. The largest absolute Gasteiger partial charge is 0.496 e. The summed E-state index contributed by atoms with van der Waals surface area (Å²) in [6, 6.07) is 5.57. The summed E-state index contributed by atoms with van der Waals surface area (Å²) in [6.45, 7) is 4.13. The van der Waals surface area contributed by atoms with Crippen LogP contribution in [0.3, 0.4) is 0 Å². The van der Waals surface area contributed by atoms with Gasteiger partial charge in [-0.1, -0.05) is 18.6 Å². The van der Waals surface area contributed by atoms with Crippen molar-refractivity contribution in [3.05, 3.63) is 29.3 Å². The van der Waals surface area contributed by atoms with Gasteiger partial charge in [0.2, 0.25) is 0 Å². The number of nitrogens with two attached hydrogens (primary N) is 1. The molecule has 1 aromatic carbocycles. The van der Waals surface area contributed by atoms with Crippen LogP contribution in [0.5, 0.6) is 5.75 Å². The zero-order valence-electron chi connectivity index (χ0n) is 9.41. The Balaban J connectivity index is 3.11. The Morgan fingerprint density at radius 1 is 1.53 bits per heavy atom. The van der Waals surface area contributed by atoms with Gasteiger partial charge in [0.05, 0.1) is 12.7 Å². The molecule has 1 aromatic rings. The first kappa shape index (κ1) is 11.7. The molecule has 0 aliphatic carbocycles. The molecule has 0 radical (unpaired) electrons. The molecule has 1 unspecified atom stereocenters. The summed E-state index contributed by atoms with van der Waals surface area (Å²) in [5.41, 5.74) is 7.14. The zero-order chi connectivity index (χ0) is 11.4. The summed E-state index contributed by atoms with van der Waals surface area (Å²) >= 11 is 0. The third kappa shape index (κ3) is 2.57. The van der Waals surface area contributed by atoms with Crippen molar-refractivity contribution < 1.29 is 9.53 Å². The molecule has 3 heteroatoms. The highest BCUT2D eigenvalue weighted by Gasteiger charge is 2.17. The lowest BCUT2D eigenvalue weighted by molar-refractivity contribution is 0.0931. The third-order valence-electron chi connectivity index (χ3n) is 2.42. The van der Waals surface area contributed by atoms with Crippen LogP contribution in [-0.2, 0) is 0 Å². The predicted octanol–water partition coefficient (Wildman–Crippen LogP) is 1.78. The highest BCUT2D eigenvalue weighted by atomic mass is 16.5. The van der Waals surface area contributed by atoms with Crippen molar-refractivity contribution in [1.29, 1.82) is 0 Å². The summed E-state index contributed by atoms with van der Waals surface area (Å²) in [5.74, 6) is 0.490. The second-order valence-corrected chi connectivity index (χ2v) is 3.70. The van der Waals surface area contributed by atoms with Gasteiger partial charge in [0, 0.05) is 12.5 Å². The number of benzene rings is 1. The summed E-state index contributed by atoms with van der Waals surface area (Å²) in [6.07, 6.45) is 0. The molecule has 0 aliphatic heterocycles. The SMILES string of the molecule is COc1ccc(C)cc1C(=O)C(C)CN. The fourth-order valence-electron chi connectivity index (χ4n) is 1.39. The van der Waals surface area contributed by atoms with E-state index in [1.165, 1.54) is 0 Å². The first-order chi connectivity index (χ1) is 7.10. The molecule has 0 spiro atoms. The van der Waals surface area contributed by atoms with E-state index < -0.39 is 0 Å². The second kappa shape index (κ2) is 4.94. The second-order valence-electron chi connectivity index (χ2n) is 3.70. The summed E-state index contributed by atoms with van der Waals surface area (Å²) in [5, 5.41) is 0. The number of carbonyl (C=O) groups excluding carboxylic acids is 1. The molecular formula is C12H17NO2. The van der Waals surface area contributed by atoms with Gasteiger partial charge < -0.3 is 10.5 Å². The van der Waals surface area contributed by atoms with Crippen LogP contribution in [0.4, 0.5) is 0 Å². The van der Waals surface area contributed by atoms with Crippen molar-refractivity contribution in [1.82, 2.24) is 0 Å². The molecule has 2 N–H and O–H groups in total. The van der Waals surface area contributed by atoms with E-state index in [1.807, 2.05) is 32.0 Å². The number of carbonyl (C=O) groups is 1. The molecule has 0 bridgehead atoms. The number of Topliss-reactive ketones (excluding diaryl/α,β-unsaturated/α-hetero) is 1. The molecule has 1 atom stereocenters. The minimum atomic E-state index is -0.166. The maximum Gasteiger partial charge on any atom is 0.170 e. The van der Waals surface area contributed by atoms with E-state index in [4.69, 9.17) is 10.5 Å². The highest BCUT2D eigenvalue weighted by Crippen LogP contribution is 2.22. The Labute approximate surface area is 90.2 Å². The van der Waals surface area contributed by atoms with E-state index >= 15 is 0 Å². The van der Waals surface area contributed by atoms with E-state index in [0.717, 1.165) is 5.56 Å². The van der Waals surface area contributed by atoms with Crippen molar-refractivity contribution in [2.75, 3.05) is 13.7 Å². The molecule has 3 nitrogen and oxygen atoms in total. The molecule has 1 rings (SSSR count). The number of ketones is 1. The van der Waals surface area contributed by atoms with Crippen LogP contribution in [0.2, 0.25) is 0 Å². The Morgan fingerprint density at radius 3 is 2.73 bits per heavy atom. The molecule has 0 aromatic heterocycles. The van der Waals surface area contributed by atoms with Crippen molar-refractivity contribution >= 4 is 5.78 Å². The van der Waals surface area contributed by atoms with E-state index in [2.05, 4.69) is 0 Å². The van der Waals surface area contributed by atoms with Crippen molar-refractivity contribution in [3.8, 4) is 5.75 Å². The lowest BCUT2D eigenvalue weighted by Gasteiger charge is -2.12. The molecule has 15 heavy (non-hydrogen) atoms. The summed E-state index contributed by atoms with van der Waals surface area (Å²) in [7, 11) is 1.56. The average molecular weight is 207 g/mol. The minimum Gasteiger partial charge on any atom is -0.496 e. The monoisotopic (exact) mass is 207 g/mol. The molecule has 0 aliphatic rings. The fraction of sp³-hybridized carbons (Fsp3) is 0.417. The number of hydrogen-bond acceptors (Lipinski definition) is 3. The normalized spacial score (nSPS) is 12.3. The van der Waals surface area contributed by atoms with Crippen LogP contribution >= 0.6 is 0 Å². The van der Waals surface area contributed by atoms with E-state index in [1.54, 1.807) is 7.11 Å². The molecule has 0 amide bonds. The molecule has 0 saturated carbocycles. The van der Waals surface area contributed by atoms with E-state index in [-0.39, 0.29) is 11.7 Å². The maximum absolute atomic E-state index is 11.9. The number of hydrogen-bond donors (Lipinski definition) is 1. The number of rotatable bonds is 4. The van der Waals surface area contributed by atoms with Gasteiger partial charge in [0.15, 0.2) is 5.78 Å². The van der Waals surface area contributed by atoms with Gasteiger partial charge in [-0.2, -0.15) is 0 Å². The van der Waals surface area contributed by atoms with Gasteiger partial charge in [-0.05, 0) is 19.1 Å². The fourth-order valence-corrected chi connectivity index (χ4v) is 1.39. The van der Waals surface area contributed by atoms with Crippen LogP contribution in [0.15, 0.2) is 18.2 Å². The first-order valence-electron chi connectivity index (χ1n) is 4.99. The van der Waals surface area contributed by atoms with Gasteiger partial charge >= 0.3 is 0 Å². The molecule has 0 fully saturated rings. The van der Waals surface area contributed by atoms with Crippen LogP contribution in [0.1, 0.15) is 22.8 Å². The summed E-state index contributed by atoms with van der Waals surface area (Å²) < 4.78 is 5.15. The van der Waals surface area contributed by atoms with E-state index in [9.17, 15) is 4.79 Å². The van der Waals surface area contributed by atoms with E-state index in [0.29, 0.717) is 17.9 Å². The lowest BCUT2D eigenvalue weighted by Crippen LogP contribution is -2.21. The van der Waals surface area contributed by atoms with Gasteiger partial charge in [0.1, 0.15) is 5.75 Å². The van der Waals surface area contributed by atoms with Gasteiger partial charge in [-0.25, -0.2) is 0 Å². The minimum absolute atomic E-state index is 0.0399. The Kier molecular flexibility index (Phi) is 3.86. The summed E-state index contributed by atoms with van der Waals surface area (Å²) in [4.78, 5) is 11.9. The van der Waals surface area contributed by atoms with Crippen molar-refractivity contribution in [2.24, 2.45) is 11.7 Å². The Hall–Kier alpha value is -1.35. The smallest absolute Gasteiger partial charge is 0.170 e. The van der Waals surface area contributed by atoms with Crippen LogP contribution in [0.25, 0.3) is 0 Å². The van der Waals surface area contributed by atoms with Crippen LogP contribution in [0, 0.1) is 12.8 Å². The standard InChI is InChI=1S/C12H17NO2/c1-8-4-5-11(15-3)10(6-8)12(14)9(2)7-13/h4-6,9H,7,13H2,1-3H3. The molecule has 0 heterocycles. The van der Waals surface area contributed by atoms with Crippen LogP contribution < -0.4 is 10.5 Å². The van der Waals surface area contributed by atoms with Crippen molar-refractivity contribution in [3.63, 3.8) is 0 Å². The number of methoxy groups -OCH3 is 1. The molecule has 82 valence electrons.